The van der Waals surface area contributed by atoms with Gasteiger partial charge in [-0.05, 0) is 64.6 Å². The molecule has 3 rings (SSSR count). The molecule has 2 fully saturated rings. The Labute approximate surface area is 174 Å². The van der Waals surface area contributed by atoms with Crippen LogP contribution in [-0.2, 0) is 11.3 Å². The number of rotatable bonds is 4. The maximum Gasteiger partial charge on any atom is 0.317 e. The molecule has 0 aliphatic carbocycles. The monoisotopic (exact) mass is 401 g/mol. The molecule has 1 atom stereocenters. The number of likely N-dealkylation sites (tertiary alicyclic amines) is 2. The fraction of sp³-hybridized carbons (Fsp3) is 0.682. The van der Waals surface area contributed by atoms with Crippen molar-refractivity contribution in [3.63, 3.8) is 0 Å². The molecule has 0 bridgehead atoms. The lowest BCUT2D eigenvalue weighted by molar-refractivity contribution is -0.127. The Kier molecular flexibility index (Phi) is 7.11. The van der Waals surface area contributed by atoms with E-state index in [2.05, 4.69) is 20.5 Å². The first-order chi connectivity index (χ1) is 13.8. The number of nitrogens with one attached hydrogen (secondary N) is 2. The van der Waals surface area contributed by atoms with Crippen molar-refractivity contribution in [1.82, 2.24) is 25.4 Å². The summed E-state index contributed by atoms with van der Waals surface area (Å²) in [6.45, 7) is 9.97. The lowest BCUT2D eigenvalue weighted by atomic mass is 9.93. The number of aromatic nitrogens is 1. The summed E-state index contributed by atoms with van der Waals surface area (Å²) in [6.07, 6.45) is 7.47. The van der Waals surface area contributed by atoms with E-state index in [4.69, 9.17) is 0 Å². The summed E-state index contributed by atoms with van der Waals surface area (Å²) >= 11 is 0. The predicted molar refractivity (Wildman–Crippen MR) is 113 cm³/mol. The summed E-state index contributed by atoms with van der Waals surface area (Å²) in [7, 11) is 0. The van der Waals surface area contributed by atoms with Crippen molar-refractivity contribution in [3.8, 4) is 0 Å². The van der Waals surface area contributed by atoms with Gasteiger partial charge < -0.3 is 15.5 Å². The van der Waals surface area contributed by atoms with Crippen LogP contribution in [0.2, 0.25) is 0 Å². The van der Waals surface area contributed by atoms with Gasteiger partial charge in [-0.1, -0.05) is 6.07 Å². The second-order valence-electron chi connectivity index (χ2n) is 9.31. The van der Waals surface area contributed by atoms with E-state index < -0.39 is 0 Å². The third-order valence-electron chi connectivity index (χ3n) is 5.76. The molecule has 160 valence electrons. The highest BCUT2D eigenvalue weighted by atomic mass is 16.2. The van der Waals surface area contributed by atoms with E-state index in [1.807, 2.05) is 37.8 Å². The first-order valence-corrected chi connectivity index (χ1v) is 10.8. The second-order valence-corrected chi connectivity index (χ2v) is 9.31. The van der Waals surface area contributed by atoms with Crippen molar-refractivity contribution in [3.05, 3.63) is 30.1 Å². The van der Waals surface area contributed by atoms with E-state index in [1.165, 1.54) is 0 Å². The molecular formula is C22H35N5O2. The molecule has 2 saturated heterocycles. The summed E-state index contributed by atoms with van der Waals surface area (Å²) in [5, 5.41) is 6.12. The lowest BCUT2D eigenvalue weighted by Gasteiger charge is -2.42. The molecule has 7 heteroatoms. The number of carbonyl (C=O) groups is 2. The van der Waals surface area contributed by atoms with Crippen molar-refractivity contribution < 1.29 is 9.59 Å². The van der Waals surface area contributed by atoms with Gasteiger partial charge in [0.1, 0.15) is 0 Å². The normalized spacial score (nSPS) is 21.6. The molecule has 29 heavy (non-hydrogen) atoms. The highest BCUT2D eigenvalue weighted by Crippen LogP contribution is 2.24. The molecule has 1 aromatic rings. The quantitative estimate of drug-likeness (QED) is 0.812. The molecule has 2 aliphatic heterocycles. The number of nitrogens with zero attached hydrogens (tertiary/aromatic N) is 3. The smallest absolute Gasteiger partial charge is 0.317 e. The lowest BCUT2D eigenvalue weighted by Crippen LogP contribution is -2.54. The molecule has 7 nitrogen and oxygen atoms in total. The van der Waals surface area contributed by atoms with Crippen LogP contribution >= 0.6 is 0 Å². The Balaban J connectivity index is 1.45. The van der Waals surface area contributed by atoms with Crippen LogP contribution in [0.3, 0.4) is 0 Å². The molecule has 0 saturated carbocycles. The van der Waals surface area contributed by atoms with Crippen LogP contribution in [0.15, 0.2) is 24.5 Å². The van der Waals surface area contributed by atoms with Crippen LogP contribution in [0.1, 0.15) is 52.0 Å². The van der Waals surface area contributed by atoms with Crippen molar-refractivity contribution >= 4 is 11.9 Å². The maximum atomic E-state index is 12.7. The Hall–Kier alpha value is -2.15. The summed E-state index contributed by atoms with van der Waals surface area (Å²) in [6, 6.07) is 4.35. The second kappa shape index (κ2) is 9.57. The van der Waals surface area contributed by atoms with E-state index in [9.17, 15) is 9.59 Å². The zero-order chi connectivity index (χ0) is 20.9. The van der Waals surface area contributed by atoms with Gasteiger partial charge in [0.2, 0.25) is 5.91 Å². The number of pyridine rings is 1. The Morgan fingerprint density at radius 1 is 1.17 bits per heavy atom. The van der Waals surface area contributed by atoms with Crippen molar-refractivity contribution in [2.45, 2.75) is 64.6 Å². The average molecular weight is 402 g/mol. The van der Waals surface area contributed by atoms with Crippen LogP contribution in [0.4, 0.5) is 4.79 Å². The van der Waals surface area contributed by atoms with E-state index in [1.54, 1.807) is 12.4 Å². The van der Waals surface area contributed by atoms with E-state index in [0.29, 0.717) is 12.6 Å². The van der Waals surface area contributed by atoms with Crippen LogP contribution in [0.5, 0.6) is 0 Å². The maximum absolute atomic E-state index is 12.7. The SMILES string of the molecule is CC(C)(C)NC(=O)N1CCC(N2CCCC(C(=O)NCc3cccnc3)C2)CC1. The highest BCUT2D eigenvalue weighted by molar-refractivity contribution is 5.79. The van der Waals surface area contributed by atoms with Crippen LogP contribution < -0.4 is 10.6 Å². The number of piperidine rings is 2. The van der Waals surface area contributed by atoms with Gasteiger partial charge in [-0.3, -0.25) is 14.7 Å². The third-order valence-corrected chi connectivity index (χ3v) is 5.76. The van der Waals surface area contributed by atoms with Crippen molar-refractivity contribution in [1.29, 1.82) is 0 Å². The van der Waals surface area contributed by atoms with Gasteiger partial charge >= 0.3 is 6.03 Å². The van der Waals surface area contributed by atoms with Gasteiger partial charge in [0.05, 0.1) is 5.92 Å². The zero-order valence-electron chi connectivity index (χ0n) is 18.0. The van der Waals surface area contributed by atoms with Gasteiger partial charge in [-0.2, -0.15) is 0 Å². The van der Waals surface area contributed by atoms with E-state index >= 15 is 0 Å². The Morgan fingerprint density at radius 2 is 1.93 bits per heavy atom. The molecular weight excluding hydrogens is 366 g/mol. The van der Waals surface area contributed by atoms with Crippen molar-refractivity contribution in [2.24, 2.45) is 5.92 Å². The van der Waals surface area contributed by atoms with Gasteiger partial charge in [-0.15, -0.1) is 0 Å². The number of urea groups is 1. The Morgan fingerprint density at radius 3 is 2.59 bits per heavy atom. The average Bonchev–Trinajstić information content (AvgIpc) is 2.72. The van der Waals surface area contributed by atoms with Gasteiger partial charge in [-0.25, -0.2) is 4.79 Å². The third kappa shape index (κ3) is 6.42. The van der Waals surface area contributed by atoms with Gasteiger partial charge in [0.25, 0.3) is 0 Å². The van der Waals surface area contributed by atoms with Crippen LogP contribution in [0.25, 0.3) is 0 Å². The minimum absolute atomic E-state index is 0.0299. The summed E-state index contributed by atoms with van der Waals surface area (Å²) in [5.41, 5.74) is 0.811. The first-order valence-electron chi connectivity index (χ1n) is 10.8. The topological polar surface area (TPSA) is 77.6 Å². The minimum atomic E-state index is -0.211. The molecule has 2 N–H and O–H groups in total. The molecule has 2 aliphatic rings. The summed E-state index contributed by atoms with van der Waals surface area (Å²) in [4.78, 5) is 33.5. The molecule has 0 radical (unpaired) electrons. The molecule has 3 amide bonds. The fourth-order valence-electron chi connectivity index (χ4n) is 4.22. The Bertz CT molecular complexity index is 680. The first kappa shape index (κ1) is 21.6. The van der Waals surface area contributed by atoms with Gasteiger partial charge in [0.15, 0.2) is 0 Å². The molecule has 3 heterocycles. The van der Waals surface area contributed by atoms with Crippen LogP contribution in [0, 0.1) is 5.92 Å². The summed E-state index contributed by atoms with van der Waals surface area (Å²) < 4.78 is 0. The fourth-order valence-corrected chi connectivity index (χ4v) is 4.22. The highest BCUT2D eigenvalue weighted by Gasteiger charge is 2.33. The van der Waals surface area contributed by atoms with E-state index in [-0.39, 0.29) is 23.4 Å². The van der Waals surface area contributed by atoms with Crippen molar-refractivity contribution in [2.75, 3.05) is 26.2 Å². The largest absolute Gasteiger partial charge is 0.352 e. The molecule has 1 unspecified atom stereocenters. The zero-order valence-corrected chi connectivity index (χ0v) is 18.0. The molecule has 0 aromatic carbocycles. The number of amides is 3. The minimum Gasteiger partial charge on any atom is -0.352 e. The number of carbonyl (C=O) groups excluding carboxylic acids is 2. The van der Waals surface area contributed by atoms with Gasteiger partial charge in [0, 0.05) is 50.2 Å². The standard InChI is InChI=1S/C22H35N5O2/c1-22(2,3)25-21(29)26-12-8-19(9-13-26)27-11-5-7-18(16-27)20(28)24-15-17-6-4-10-23-14-17/h4,6,10,14,18-19H,5,7-9,11-13,15-16H2,1-3H3,(H,24,28)(H,25,29). The predicted octanol–water partition coefficient (Wildman–Crippen LogP) is 2.38. The molecule has 1 aromatic heterocycles. The van der Waals surface area contributed by atoms with Crippen LogP contribution in [-0.4, -0.2) is 64.5 Å². The summed E-state index contributed by atoms with van der Waals surface area (Å²) in [5.74, 6) is 0.184. The number of hydrogen-bond donors (Lipinski definition) is 2. The van der Waals surface area contributed by atoms with E-state index in [0.717, 1.165) is 57.4 Å². The number of hydrogen-bond acceptors (Lipinski definition) is 4. The molecule has 0 spiro atoms.